The third-order valence-corrected chi connectivity index (χ3v) is 7.60. The maximum atomic E-state index is 14.6. The summed E-state index contributed by atoms with van der Waals surface area (Å²) in [5, 5.41) is 10.1. The normalized spacial score (nSPS) is 33.1. The summed E-state index contributed by atoms with van der Waals surface area (Å²) in [4.78, 5) is 40.2. The molecule has 178 valence electrons. The Kier molecular flexibility index (Phi) is 7.65. The van der Waals surface area contributed by atoms with E-state index >= 15 is 0 Å². The Morgan fingerprint density at radius 3 is 2.39 bits per heavy atom. The Morgan fingerprint density at radius 1 is 1.26 bits per heavy atom. The fourth-order valence-corrected chi connectivity index (χ4v) is 5.59. The lowest BCUT2D eigenvalue weighted by molar-refractivity contribution is -0.140. The number of phosphoric ester groups is 1. The zero-order chi connectivity index (χ0) is 23.8. The zero-order valence-corrected chi connectivity index (χ0v) is 17.9. The van der Waals surface area contributed by atoms with E-state index in [0.29, 0.717) is 0 Å². The quantitative estimate of drug-likeness (QED) is 0.218. The van der Waals surface area contributed by atoms with E-state index in [1.54, 1.807) is 0 Å². The predicted octanol–water partition coefficient (Wildman–Crippen LogP) is -0.249. The van der Waals surface area contributed by atoms with Crippen molar-refractivity contribution in [2.24, 2.45) is 10.7 Å². The topological polar surface area (TPSA) is 231 Å². The number of nitrogens with zero attached hydrogens (tertiary/aromatic N) is 2. The number of ether oxygens (including phenoxy) is 1. The van der Waals surface area contributed by atoms with Crippen molar-refractivity contribution < 1.29 is 65.0 Å². The van der Waals surface area contributed by atoms with Gasteiger partial charge in [0, 0.05) is 6.20 Å². The molecule has 2 aliphatic heterocycles. The SMILES string of the molecule is C=C1N=C(N)C=CN1[C@@H]1O[C@](CF)(COP(=O)(O)OP(=O)(O)OP(=O)(O)O)[C@@H](O)[C@H]1F. The number of hydrogen-bond acceptors (Lipinski definition) is 11. The molecular formula is C11H18F2N3O12P3. The highest BCUT2D eigenvalue weighted by Gasteiger charge is 2.58. The van der Waals surface area contributed by atoms with Gasteiger partial charge >= 0.3 is 23.5 Å². The lowest BCUT2D eigenvalue weighted by Crippen LogP contribution is -2.48. The summed E-state index contributed by atoms with van der Waals surface area (Å²) in [6.07, 6.45) is -3.93. The van der Waals surface area contributed by atoms with Crippen LogP contribution in [0.5, 0.6) is 0 Å². The van der Waals surface area contributed by atoms with E-state index in [4.69, 9.17) is 25.2 Å². The third kappa shape index (κ3) is 6.48. The van der Waals surface area contributed by atoms with Gasteiger partial charge in [0.15, 0.2) is 18.0 Å². The molecule has 0 aromatic rings. The van der Waals surface area contributed by atoms with Gasteiger partial charge < -0.3 is 40.1 Å². The summed E-state index contributed by atoms with van der Waals surface area (Å²) in [6, 6.07) is 0. The fourth-order valence-electron chi connectivity index (χ4n) is 2.51. The Labute approximate surface area is 172 Å². The van der Waals surface area contributed by atoms with Crippen LogP contribution in [-0.2, 0) is 31.6 Å². The molecule has 1 fully saturated rings. The molecule has 0 amide bonds. The molecule has 0 aliphatic carbocycles. The summed E-state index contributed by atoms with van der Waals surface area (Å²) < 4.78 is 78.6. The molecule has 0 radical (unpaired) electrons. The van der Waals surface area contributed by atoms with E-state index < -0.39 is 60.9 Å². The summed E-state index contributed by atoms with van der Waals surface area (Å²) >= 11 is 0. The smallest absolute Gasteiger partial charge is 0.387 e. The van der Waals surface area contributed by atoms with Gasteiger partial charge in [-0.3, -0.25) is 4.52 Å². The molecule has 2 heterocycles. The maximum absolute atomic E-state index is 14.6. The van der Waals surface area contributed by atoms with Crippen LogP contribution in [0.15, 0.2) is 29.7 Å². The van der Waals surface area contributed by atoms with Gasteiger partial charge in [-0.15, -0.1) is 0 Å². The van der Waals surface area contributed by atoms with Gasteiger partial charge in [-0.05, 0) is 6.08 Å². The van der Waals surface area contributed by atoms with Crippen LogP contribution in [0.3, 0.4) is 0 Å². The first-order valence-corrected chi connectivity index (χ1v) is 12.4. The Balaban J connectivity index is 2.14. The Hall–Kier alpha value is -1.06. The van der Waals surface area contributed by atoms with Crippen molar-refractivity contribution in [1.82, 2.24) is 4.90 Å². The molecule has 20 heteroatoms. The maximum Gasteiger partial charge on any atom is 0.490 e. The van der Waals surface area contributed by atoms with Crippen LogP contribution in [-0.4, -0.2) is 72.8 Å². The standard InChI is InChI=1S/C11H18F2N3O12P3/c1-6-15-7(14)2-3-16(6)10-8(13)9(17)11(4-12,26-10)5-25-30(21,22)28-31(23,24)27-29(18,19)20/h2-3,8-10,17H,1,4-5H2,(H2,14,15)(H,21,22)(H,23,24)(H2,18,19,20)/t8-,9+,10-,11-/m1/s1. The molecule has 7 N–H and O–H groups in total. The van der Waals surface area contributed by atoms with Gasteiger partial charge in [-0.25, -0.2) is 27.5 Å². The van der Waals surface area contributed by atoms with Crippen molar-refractivity contribution in [2.45, 2.75) is 24.1 Å². The second-order valence-corrected chi connectivity index (χ2v) is 10.6. The molecule has 0 aromatic heterocycles. The van der Waals surface area contributed by atoms with Gasteiger partial charge in [0.1, 0.15) is 24.4 Å². The van der Waals surface area contributed by atoms with Crippen molar-refractivity contribution in [3.63, 3.8) is 0 Å². The van der Waals surface area contributed by atoms with Crippen molar-refractivity contribution >= 4 is 29.3 Å². The van der Waals surface area contributed by atoms with E-state index in [0.717, 1.165) is 4.90 Å². The monoisotopic (exact) mass is 515 g/mol. The number of rotatable bonds is 9. The number of halogens is 2. The number of aliphatic hydroxyl groups excluding tert-OH is 1. The van der Waals surface area contributed by atoms with Crippen molar-refractivity contribution in [3.05, 3.63) is 24.7 Å². The Bertz CT molecular complexity index is 927. The molecule has 2 aliphatic rings. The lowest BCUT2D eigenvalue weighted by Gasteiger charge is -2.32. The molecule has 6 atom stereocenters. The van der Waals surface area contributed by atoms with Gasteiger partial charge in [0.25, 0.3) is 0 Å². The second-order valence-electron chi connectivity index (χ2n) is 6.14. The predicted molar refractivity (Wildman–Crippen MR) is 96.0 cm³/mol. The average Bonchev–Trinajstić information content (AvgIpc) is 2.82. The van der Waals surface area contributed by atoms with Crippen molar-refractivity contribution in [1.29, 1.82) is 0 Å². The number of aliphatic imine (C=N–C) groups is 1. The summed E-state index contributed by atoms with van der Waals surface area (Å²) in [5.74, 6) is -0.123. The van der Waals surface area contributed by atoms with Crippen LogP contribution >= 0.6 is 23.5 Å². The van der Waals surface area contributed by atoms with Crippen LogP contribution in [0.1, 0.15) is 0 Å². The highest BCUT2D eigenvalue weighted by molar-refractivity contribution is 7.66. The Morgan fingerprint density at radius 2 is 1.87 bits per heavy atom. The van der Waals surface area contributed by atoms with Crippen LogP contribution in [0.2, 0.25) is 0 Å². The molecule has 0 bridgehead atoms. The zero-order valence-electron chi connectivity index (χ0n) is 15.2. The number of nitrogens with two attached hydrogens (primary N) is 1. The van der Waals surface area contributed by atoms with Gasteiger partial charge in [-0.2, -0.15) is 8.62 Å². The minimum absolute atomic E-state index is 0.0135. The van der Waals surface area contributed by atoms with E-state index in [1.165, 1.54) is 12.3 Å². The van der Waals surface area contributed by atoms with E-state index in [-0.39, 0.29) is 11.7 Å². The van der Waals surface area contributed by atoms with E-state index in [1.807, 2.05) is 0 Å². The number of hydrogen-bond donors (Lipinski definition) is 6. The number of amidine groups is 1. The first-order chi connectivity index (χ1) is 14.0. The van der Waals surface area contributed by atoms with Gasteiger partial charge in [0.2, 0.25) is 0 Å². The van der Waals surface area contributed by atoms with Crippen molar-refractivity contribution in [2.75, 3.05) is 13.3 Å². The minimum atomic E-state index is -5.83. The second kappa shape index (κ2) is 9.06. The first-order valence-electron chi connectivity index (χ1n) is 7.85. The fraction of sp³-hybridized carbons (Fsp3) is 0.545. The molecule has 0 aromatic carbocycles. The van der Waals surface area contributed by atoms with Crippen LogP contribution in [0.25, 0.3) is 0 Å². The molecule has 2 unspecified atom stereocenters. The minimum Gasteiger partial charge on any atom is -0.387 e. The largest absolute Gasteiger partial charge is 0.490 e. The highest BCUT2D eigenvalue weighted by atomic mass is 31.3. The number of aliphatic hydroxyl groups is 1. The average molecular weight is 515 g/mol. The molecule has 2 rings (SSSR count). The van der Waals surface area contributed by atoms with Crippen molar-refractivity contribution in [3.8, 4) is 0 Å². The van der Waals surface area contributed by atoms with Crippen LogP contribution < -0.4 is 5.73 Å². The lowest BCUT2D eigenvalue weighted by atomic mass is 9.98. The summed E-state index contributed by atoms with van der Waals surface area (Å²) in [7, 11) is -17.1. The van der Waals surface area contributed by atoms with E-state index in [9.17, 15) is 32.5 Å². The van der Waals surface area contributed by atoms with Crippen LogP contribution in [0.4, 0.5) is 8.78 Å². The number of phosphoric acid groups is 3. The van der Waals surface area contributed by atoms with E-state index in [2.05, 4.69) is 24.7 Å². The summed E-state index contributed by atoms with van der Waals surface area (Å²) in [6.45, 7) is 0.419. The van der Waals surface area contributed by atoms with Gasteiger partial charge in [0.05, 0.1) is 6.61 Å². The van der Waals surface area contributed by atoms with Gasteiger partial charge in [-0.1, -0.05) is 6.58 Å². The highest BCUT2D eigenvalue weighted by Crippen LogP contribution is 2.66. The number of alkyl halides is 2. The van der Waals surface area contributed by atoms with Crippen LogP contribution in [0, 0.1) is 0 Å². The molecule has 31 heavy (non-hydrogen) atoms. The third-order valence-electron chi connectivity index (χ3n) is 3.82. The molecule has 0 saturated carbocycles. The summed E-state index contributed by atoms with van der Waals surface area (Å²) in [5.41, 5.74) is 2.85. The molecular weight excluding hydrogens is 497 g/mol. The molecule has 0 spiro atoms. The molecule has 1 saturated heterocycles. The first kappa shape index (κ1) is 26.2. The molecule has 15 nitrogen and oxygen atoms in total.